The van der Waals surface area contributed by atoms with Gasteiger partial charge in [0, 0.05) is 0 Å². The average Bonchev–Trinajstić information content (AvgIpc) is 1.97. The van der Waals surface area contributed by atoms with Gasteiger partial charge >= 0.3 is 5.97 Å². The Kier molecular flexibility index (Phi) is 4.07. The molecule has 0 rings (SSSR count). The highest BCUT2D eigenvalue weighted by Crippen LogP contribution is 2.08. The lowest BCUT2D eigenvalue weighted by Crippen LogP contribution is -2.29. The fourth-order valence-corrected chi connectivity index (χ4v) is 0.550. The molecule has 0 spiro atoms. The molecule has 0 fully saturated rings. The van der Waals surface area contributed by atoms with E-state index in [1.807, 2.05) is 20.8 Å². The van der Waals surface area contributed by atoms with Crippen LogP contribution in [0.3, 0.4) is 0 Å². The fourth-order valence-electron chi connectivity index (χ4n) is 0.550. The van der Waals surface area contributed by atoms with Gasteiger partial charge in [-0.1, -0.05) is 0 Å². The van der Waals surface area contributed by atoms with Gasteiger partial charge in [-0.25, -0.2) is 0 Å². The van der Waals surface area contributed by atoms with Crippen molar-refractivity contribution in [3.63, 3.8) is 0 Å². The molecule has 0 aromatic heterocycles. The van der Waals surface area contributed by atoms with Crippen LogP contribution < -0.4 is 0 Å². The van der Waals surface area contributed by atoms with E-state index in [4.69, 9.17) is 9.84 Å². The minimum atomic E-state index is -1.11. The van der Waals surface area contributed by atoms with Gasteiger partial charge in [-0.2, -0.15) is 0 Å². The molecule has 0 amide bonds. The van der Waals surface area contributed by atoms with Crippen molar-refractivity contribution < 1.29 is 19.4 Å². The van der Waals surface area contributed by atoms with Crippen LogP contribution in [-0.4, -0.2) is 29.1 Å². The summed E-state index contributed by atoms with van der Waals surface area (Å²) in [6.45, 7) is 6.65. The standard InChI is InChI=1S/C9H16O4/c1-6(8(11)12)7(10)5-13-9(2,3)4/h6H,5H2,1-4H3,(H,11,12). The first-order chi connectivity index (χ1) is 5.74. The van der Waals surface area contributed by atoms with Gasteiger partial charge in [-0.15, -0.1) is 0 Å². The van der Waals surface area contributed by atoms with Crippen molar-refractivity contribution in [2.45, 2.75) is 33.3 Å². The van der Waals surface area contributed by atoms with Crippen molar-refractivity contribution in [3.05, 3.63) is 0 Å². The lowest BCUT2D eigenvalue weighted by molar-refractivity contribution is -0.148. The SMILES string of the molecule is CC(C(=O)O)C(=O)COC(C)(C)C. The van der Waals surface area contributed by atoms with E-state index in [9.17, 15) is 9.59 Å². The number of carbonyl (C=O) groups excluding carboxylic acids is 1. The molecule has 0 saturated heterocycles. The van der Waals surface area contributed by atoms with E-state index in [-0.39, 0.29) is 6.61 Å². The maximum Gasteiger partial charge on any atom is 0.313 e. The Morgan fingerprint density at radius 1 is 1.38 bits per heavy atom. The fraction of sp³-hybridized carbons (Fsp3) is 0.778. The highest BCUT2D eigenvalue weighted by molar-refractivity contribution is 5.98. The number of aliphatic carboxylic acids is 1. The third kappa shape index (κ3) is 5.36. The van der Waals surface area contributed by atoms with Gasteiger partial charge < -0.3 is 9.84 Å². The largest absolute Gasteiger partial charge is 0.481 e. The summed E-state index contributed by atoms with van der Waals surface area (Å²) in [7, 11) is 0. The normalized spacial score (nSPS) is 13.8. The Labute approximate surface area is 77.9 Å². The first kappa shape index (κ1) is 12.1. The number of Topliss-reactive ketones (excluding diaryl/α,β-unsaturated/α-hetero) is 1. The maximum atomic E-state index is 11.1. The van der Waals surface area contributed by atoms with E-state index in [0.717, 1.165) is 0 Å². The van der Waals surface area contributed by atoms with E-state index < -0.39 is 23.3 Å². The van der Waals surface area contributed by atoms with Crippen molar-refractivity contribution in [1.82, 2.24) is 0 Å². The van der Waals surface area contributed by atoms with Crippen LogP contribution in [0.2, 0.25) is 0 Å². The van der Waals surface area contributed by atoms with Crippen LogP contribution in [0.1, 0.15) is 27.7 Å². The zero-order valence-corrected chi connectivity index (χ0v) is 8.46. The summed E-state index contributed by atoms with van der Waals surface area (Å²) in [5.41, 5.74) is -0.409. The van der Waals surface area contributed by atoms with Crippen LogP contribution in [0.25, 0.3) is 0 Å². The summed E-state index contributed by atoms with van der Waals surface area (Å²) >= 11 is 0. The van der Waals surface area contributed by atoms with E-state index in [1.165, 1.54) is 6.92 Å². The monoisotopic (exact) mass is 188 g/mol. The number of hydrogen-bond acceptors (Lipinski definition) is 3. The Morgan fingerprint density at radius 3 is 2.15 bits per heavy atom. The highest BCUT2D eigenvalue weighted by atomic mass is 16.5. The quantitative estimate of drug-likeness (QED) is 0.671. The van der Waals surface area contributed by atoms with E-state index in [0.29, 0.717) is 0 Å². The number of ketones is 1. The first-order valence-corrected chi connectivity index (χ1v) is 4.13. The molecule has 0 radical (unpaired) electrons. The lowest BCUT2D eigenvalue weighted by atomic mass is 10.1. The van der Waals surface area contributed by atoms with Crippen LogP contribution in [0.15, 0.2) is 0 Å². The number of hydrogen-bond donors (Lipinski definition) is 1. The zero-order valence-electron chi connectivity index (χ0n) is 8.46. The summed E-state index contributed by atoms with van der Waals surface area (Å²) < 4.78 is 5.15. The predicted octanol–water partition coefficient (Wildman–Crippen LogP) is 1.09. The summed E-state index contributed by atoms with van der Waals surface area (Å²) in [4.78, 5) is 21.5. The first-order valence-electron chi connectivity index (χ1n) is 4.13. The average molecular weight is 188 g/mol. The topological polar surface area (TPSA) is 63.6 Å². The smallest absolute Gasteiger partial charge is 0.313 e. The molecule has 0 aliphatic carbocycles. The van der Waals surface area contributed by atoms with Gasteiger partial charge in [0.05, 0.1) is 5.60 Å². The van der Waals surface area contributed by atoms with E-state index >= 15 is 0 Å². The minimum Gasteiger partial charge on any atom is -0.481 e. The van der Waals surface area contributed by atoms with Gasteiger partial charge in [0.1, 0.15) is 12.5 Å². The molecular formula is C9H16O4. The Morgan fingerprint density at radius 2 is 1.85 bits per heavy atom. The number of carboxylic acid groups (broad SMARTS) is 1. The molecule has 13 heavy (non-hydrogen) atoms. The molecule has 1 atom stereocenters. The molecule has 1 unspecified atom stereocenters. The van der Waals surface area contributed by atoms with Crippen LogP contribution in [0, 0.1) is 5.92 Å². The molecule has 0 aromatic carbocycles. The third-order valence-corrected chi connectivity index (χ3v) is 1.50. The molecule has 0 aliphatic rings. The molecule has 4 nitrogen and oxygen atoms in total. The molecule has 76 valence electrons. The Bertz CT molecular complexity index is 202. The second-order valence-electron chi connectivity index (χ2n) is 3.93. The van der Waals surface area contributed by atoms with Crippen molar-refractivity contribution >= 4 is 11.8 Å². The number of carbonyl (C=O) groups is 2. The Balaban J connectivity index is 3.96. The van der Waals surface area contributed by atoms with Crippen LogP contribution >= 0.6 is 0 Å². The molecule has 0 aliphatic heterocycles. The van der Waals surface area contributed by atoms with Crippen LogP contribution in [0.5, 0.6) is 0 Å². The summed E-state index contributed by atoms with van der Waals surface area (Å²) in [6, 6.07) is 0. The molecule has 0 heterocycles. The molecule has 0 bridgehead atoms. The molecular weight excluding hydrogens is 172 g/mol. The van der Waals surface area contributed by atoms with Crippen molar-refractivity contribution in [1.29, 1.82) is 0 Å². The molecule has 1 N–H and O–H groups in total. The van der Waals surface area contributed by atoms with Crippen LogP contribution in [-0.2, 0) is 14.3 Å². The highest BCUT2D eigenvalue weighted by Gasteiger charge is 2.22. The van der Waals surface area contributed by atoms with Crippen molar-refractivity contribution in [3.8, 4) is 0 Å². The number of rotatable bonds is 4. The van der Waals surface area contributed by atoms with E-state index in [2.05, 4.69) is 0 Å². The second kappa shape index (κ2) is 4.37. The molecule has 0 saturated carbocycles. The predicted molar refractivity (Wildman–Crippen MR) is 47.5 cm³/mol. The number of ether oxygens (including phenoxy) is 1. The van der Waals surface area contributed by atoms with E-state index in [1.54, 1.807) is 0 Å². The van der Waals surface area contributed by atoms with Crippen LogP contribution in [0.4, 0.5) is 0 Å². The minimum absolute atomic E-state index is 0.142. The summed E-state index contributed by atoms with van der Waals surface area (Å²) in [5, 5.41) is 8.51. The zero-order chi connectivity index (χ0) is 10.6. The van der Waals surface area contributed by atoms with Gasteiger partial charge in [0.25, 0.3) is 0 Å². The third-order valence-electron chi connectivity index (χ3n) is 1.50. The van der Waals surface area contributed by atoms with Gasteiger partial charge in [-0.05, 0) is 27.7 Å². The van der Waals surface area contributed by atoms with Crippen molar-refractivity contribution in [2.75, 3.05) is 6.61 Å². The lowest BCUT2D eigenvalue weighted by Gasteiger charge is -2.19. The number of carboxylic acids is 1. The Hall–Kier alpha value is -0.900. The van der Waals surface area contributed by atoms with Gasteiger partial charge in [-0.3, -0.25) is 9.59 Å². The molecule has 4 heteroatoms. The molecule has 0 aromatic rings. The van der Waals surface area contributed by atoms with Crippen molar-refractivity contribution in [2.24, 2.45) is 5.92 Å². The summed E-state index contributed by atoms with van der Waals surface area (Å²) in [5.74, 6) is -2.49. The van der Waals surface area contributed by atoms with Gasteiger partial charge in [0.15, 0.2) is 5.78 Å². The second-order valence-corrected chi connectivity index (χ2v) is 3.93. The van der Waals surface area contributed by atoms with Gasteiger partial charge in [0.2, 0.25) is 0 Å². The maximum absolute atomic E-state index is 11.1. The summed E-state index contributed by atoms with van der Waals surface area (Å²) in [6.07, 6.45) is 0.